The van der Waals surface area contributed by atoms with Crippen LogP contribution in [0.2, 0.25) is 0 Å². The number of amides is 1. The van der Waals surface area contributed by atoms with Gasteiger partial charge in [0, 0.05) is 38.2 Å². The molecular weight excluding hydrogens is 403 g/mol. The summed E-state index contributed by atoms with van der Waals surface area (Å²) in [6.07, 6.45) is 1.72. The minimum Gasteiger partial charge on any atom is -0.405 e. The van der Waals surface area contributed by atoms with Crippen LogP contribution < -0.4 is 10.1 Å². The smallest absolute Gasteiger partial charge is 0.405 e. The largest absolute Gasteiger partial charge is 0.573 e. The zero-order chi connectivity index (χ0) is 21.8. The fraction of sp³-hybridized carbons (Fsp3) is 0.421. The van der Waals surface area contributed by atoms with Crippen molar-refractivity contribution in [3.8, 4) is 18.1 Å². The van der Waals surface area contributed by atoms with Crippen molar-refractivity contribution in [1.82, 2.24) is 15.5 Å². The summed E-state index contributed by atoms with van der Waals surface area (Å²) in [6.45, 7) is 1.53. The average molecular weight is 421 g/mol. The zero-order valence-electron chi connectivity index (χ0n) is 15.9. The number of nitrogens with one attached hydrogen (secondary N) is 1. The molecule has 0 saturated heterocycles. The predicted octanol–water partition coefficient (Wildman–Crippen LogP) is 3.84. The second-order valence-corrected chi connectivity index (χ2v) is 6.64. The number of ether oxygens (including phenoxy) is 1. The van der Waals surface area contributed by atoms with Crippen LogP contribution >= 0.6 is 0 Å². The van der Waals surface area contributed by atoms with Crippen LogP contribution in [0.4, 0.5) is 13.2 Å². The van der Waals surface area contributed by atoms with Gasteiger partial charge in [-0.15, -0.1) is 25.5 Å². The molecule has 1 atom stereocenters. The molecule has 1 aliphatic heterocycles. The van der Waals surface area contributed by atoms with Gasteiger partial charge in [-0.1, -0.05) is 23.4 Å². The molecular formula is C19H18F3N5O3. The third kappa shape index (κ3) is 5.56. The summed E-state index contributed by atoms with van der Waals surface area (Å²) in [6, 6.07) is 4.32. The van der Waals surface area contributed by atoms with Crippen molar-refractivity contribution in [1.29, 1.82) is 0 Å². The van der Waals surface area contributed by atoms with E-state index in [-0.39, 0.29) is 23.7 Å². The summed E-state index contributed by atoms with van der Waals surface area (Å²) in [5.41, 5.74) is -0.619. The summed E-state index contributed by atoms with van der Waals surface area (Å²) in [4.78, 5) is 16.6. The Morgan fingerprint density at radius 1 is 1.33 bits per heavy atom. The van der Waals surface area contributed by atoms with E-state index in [0.717, 1.165) is 6.07 Å². The van der Waals surface area contributed by atoms with Crippen molar-refractivity contribution in [2.45, 2.75) is 50.7 Å². The van der Waals surface area contributed by atoms with Crippen LogP contribution in [0.25, 0.3) is 0 Å². The molecule has 0 saturated carbocycles. The molecule has 0 aliphatic carbocycles. The number of aromatic nitrogens is 2. The van der Waals surface area contributed by atoms with Gasteiger partial charge in [-0.25, -0.2) is 0 Å². The Kier molecular flexibility index (Phi) is 6.05. The number of hydrogen-bond acceptors (Lipinski definition) is 7. The first-order valence-corrected chi connectivity index (χ1v) is 9.03. The van der Waals surface area contributed by atoms with Crippen LogP contribution in [0.3, 0.4) is 0 Å². The van der Waals surface area contributed by atoms with Crippen LogP contribution in [0.1, 0.15) is 49.0 Å². The van der Waals surface area contributed by atoms with Gasteiger partial charge in [0.05, 0.1) is 0 Å². The molecule has 1 unspecified atom stereocenters. The summed E-state index contributed by atoms with van der Waals surface area (Å²) >= 11 is 0. The van der Waals surface area contributed by atoms with Gasteiger partial charge in [-0.2, -0.15) is 15.2 Å². The van der Waals surface area contributed by atoms with Gasteiger partial charge < -0.3 is 14.6 Å². The van der Waals surface area contributed by atoms with Gasteiger partial charge in [0.15, 0.2) is 11.5 Å². The Hall–Kier alpha value is -3.42. The number of carbonyl (C=O) groups is 1. The van der Waals surface area contributed by atoms with Gasteiger partial charge in [0.1, 0.15) is 11.8 Å². The van der Waals surface area contributed by atoms with Gasteiger partial charge in [0.25, 0.3) is 0 Å². The molecule has 1 amide bonds. The standard InChI is InChI=1S/C19H18F3N5O3/c1-3-4-10-18(26-27-18)11-9-15(28)24-16(17-23-12(2)30-25-17)13-7-5-6-8-14(13)29-19(20,21)22/h1,5-8,16H,4,9-11H2,2H3,(H,24,28). The normalized spacial score (nSPS) is 15.3. The topological polar surface area (TPSA) is 102 Å². The number of aryl methyl sites for hydroxylation is 1. The lowest BCUT2D eigenvalue weighted by Crippen LogP contribution is -2.32. The molecule has 2 heterocycles. The lowest BCUT2D eigenvalue weighted by atomic mass is 10.0. The number of hydrogen-bond donors (Lipinski definition) is 1. The molecule has 1 aromatic heterocycles. The molecule has 2 aromatic rings. The van der Waals surface area contributed by atoms with Crippen molar-refractivity contribution in [3.63, 3.8) is 0 Å². The van der Waals surface area contributed by atoms with Crippen molar-refractivity contribution < 1.29 is 27.2 Å². The van der Waals surface area contributed by atoms with Gasteiger partial charge in [0.2, 0.25) is 11.8 Å². The lowest BCUT2D eigenvalue weighted by molar-refractivity contribution is -0.275. The fourth-order valence-electron chi connectivity index (χ4n) is 2.87. The van der Waals surface area contributed by atoms with E-state index >= 15 is 0 Å². The Labute approximate surface area is 169 Å². The molecule has 1 aromatic carbocycles. The van der Waals surface area contributed by atoms with E-state index in [1.165, 1.54) is 25.1 Å². The van der Waals surface area contributed by atoms with Crippen molar-refractivity contribution in [3.05, 3.63) is 41.5 Å². The molecule has 30 heavy (non-hydrogen) atoms. The number of benzene rings is 1. The van der Waals surface area contributed by atoms with E-state index in [1.807, 2.05) is 0 Å². The van der Waals surface area contributed by atoms with Crippen LogP contribution in [0.15, 0.2) is 39.0 Å². The van der Waals surface area contributed by atoms with Crippen molar-refractivity contribution >= 4 is 5.91 Å². The van der Waals surface area contributed by atoms with Crippen molar-refractivity contribution in [2.24, 2.45) is 10.2 Å². The van der Waals surface area contributed by atoms with E-state index in [2.05, 4.69) is 36.3 Å². The second-order valence-electron chi connectivity index (χ2n) is 6.64. The third-order valence-corrected chi connectivity index (χ3v) is 4.37. The summed E-state index contributed by atoms with van der Waals surface area (Å²) < 4.78 is 47.5. The summed E-state index contributed by atoms with van der Waals surface area (Å²) in [5.74, 6) is 1.78. The Bertz CT molecular complexity index is 974. The summed E-state index contributed by atoms with van der Waals surface area (Å²) in [5, 5.41) is 14.3. The van der Waals surface area contributed by atoms with Crippen LogP contribution in [-0.4, -0.2) is 28.1 Å². The number of nitrogens with zero attached hydrogens (tertiary/aromatic N) is 4. The summed E-state index contributed by atoms with van der Waals surface area (Å²) in [7, 11) is 0. The van der Waals surface area contributed by atoms with Crippen molar-refractivity contribution in [2.75, 3.05) is 0 Å². The maximum absolute atomic E-state index is 12.8. The molecule has 0 bridgehead atoms. The first kappa shape index (κ1) is 21.3. The van der Waals surface area contributed by atoms with Gasteiger partial charge in [-0.05, 0) is 6.07 Å². The average Bonchev–Trinajstić information content (AvgIpc) is 3.33. The first-order chi connectivity index (χ1) is 14.2. The lowest BCUT2D eigenvalue weighted by Gasteiger charge is -2.20. The molecule has 0 fully saturated rings. The first-order valence-electron chi connectivity index (χ1n) is 9.03. The number of halogens is 3. The highest BCUT2D eigenvalue weighted by atomic mass is 19.4. The SMILES string of the molecule is C#CCCC1(CCC(=O)NC(c2noc(C)n2)c2ccccc2OC(F)(F)F)N=N1. The van der Waals surface area contributed by atoms with E-state index in [0.29, 0.717) is 19.3 Å². The Morgan fingerprint density at radius 3 is 2.67 bits per heavy atom. The van der Waals surface area contributed by atoms with Gasteiger partial charge in [-0.3, -0.25) is 4.79 Å². The third-order valence-electron chi connectivity index (χ3n) is 4.37. The Morgan fingerprint density at radius 2 is 2.07 bits per heavy atom. The molecule has 0 spiro atoms. The highest BCUT2D eigenvalue weighted by molar-refractivity contribution is 5.77. The molecule has 158 valence electrons. The second kappa shape index (κ2) is 8.52. The quantitative estimate of drug-likeness (QED) is 0.620. The number of carbonyl (C=O) groups excluding carboxylic acids is 1. The molecule has 11 heteroatoms. The maximum Gasteiger partial charge on any atom is 0.573 e. The van der Waals surface area contributed by atoms with E-state index in [4.69, 9.17) is 10.9 Å². The fourth-order valence-corrected chi connectivity index (χ4v) is 2.87. The predicted molar refractivity (Wildman–Crippen MR) is 97.0 cm³/mol. The number of para-hydroxylation sites is 1. The van der Waals surface area contributed by atoms with E-state index in [9.17, 15) is 18.0 Å². The zero-order valence-corrected chi connectivity index (χ0v) is 15.9. The number of alkyl halides is 3. The minimum atomic E-state index is -4.91. The maximum atomic E-state index is 12.8. The van der Waals surface area contributed by atoms with Crippen LogP contribution in [0.5, 0.6) is 5.75 Å². The van der Waals surface area contributed by atoms with Crippen LogP contribution in [0, 0.1) is 19.3 Å². The van der Waals surface area contributed by atoms with Gasteiger partial charge >= 0.3 is 6.36 Å². The molecule has 8 nitrogen and oxygen atoms in total. The van der Waals surface area contributed by atoms with E-state index in [1.54, 1.807) is 0 Å². The number of terminal acetylenes is 1. The molecule has 1 aliphatic rings. The molecule has 1 N–H and O–H groups in total. The minimum absolute atomic E-state index is 0.00177. The highest BCUT2D eigenvalue weighted by Gasteiger charge is 2.40. The monoisotopic (exact) mass is 421 g/mol. The van der Waals surface area contributed by atoms with E-state index < -0.39 is 29.7 Å². The number of rotatable bonds is 9. The highest BCUT2D eigenvalue weighted by Crippen LogP contribution is 2.38. The Balaban J connectivity index is 1.78. The molecule has 3 rings (SSSR count). The van der Waals surface area contributed by atoms with Crippen LogP contribution in [-0.2, 0) is 4.79 Å². The molecule has 0 radical (unpaired) electrons.